The lowest BCUT2D eigenvalue weighted by Crippen LogP contribution is -2.56. The summed E-state index contributed by atoms with van der Waals surface area (Å²) in [5.74, 6) is 0.343. The molecule has 1 aliphatic heterocycles. The zero-order valence-electron chi connectivity index (χ0n) is 9.91. The molecule has 1 amide bonds. The number of likely N-dealkylation sites (tertiary alicyclic amines) is 1. The standard InChI is InChI=1S/C12H22N2O/c1-13-9-8-11(13)12(15)14(2)10-6-4-3-5-7-10/h10-11H,3-9H2,1-2H3. The van der Waals surface area contributed by atoms with Crippen LogP contribution in [0.15, 0.2) is 0 Å². The van der Waals surface area contributed by atoms with E-state index in [9.17, 15) is 4.79 Å². The normalized spacial score (nSPS) is 28.5. The number of rotatable bonds is 2. The van der Waals surface area contributed by atoms with E-state index in [1.807, 2.05) is 19.0 Å². The predicted molar refractivity (Wildman–Crippen MR) is 60.7 cm³/mol. The highest BCUT2D eigenvalue weighted by atomic mass is 16.2. The van der Waals surface area contributed by atoms with E-state index in [1.165, 1.54) is 32.1 Å². The van der Waals surface area contributed by atoms with Crippen LogP contribution in [-0.4, -0.2) is 48.4 Å². The van der Waals surface area contributed by atoms with Crippen molar-refractivity contribution in [3.8, 4) is 0 Å². The molecule has 0 aromatic carbocycles. The minimum absolute atomic E-state index is 0.178. The van der Waals surface area contributed by atoms with Gasteiger partial charge < -0.3 is 4.90 Å². The minimum Gasteiger partial charge on any atom is -0.341 e. The number of carbonyl (C=O) groups excluding carboxylic acids is 1. The van der Waals surface area contributed by atoms with Gasteiger partial charge in [-0.15, -0.1) is 0 Å². The monoisotopic (exact) mass is 210 g/mol. The van der Waals surface area contributed by atoms with Crippen LogP contribution >= 0.6 is 0 Å². The van der Waals surface area contributed by atoms with Gasteiger partial charge in [0.2, 0.25) is 5.91 Å². The number of amides is 1. The molecule has 0 aromatic heterocycles. The van der Waals surface area contributed by atoms with Crippen LogP contribution in [0.1, 0.15) is 38.5 Å². The molecule has 0 N–H and O–H groups in total. The summed E-state index contributed by atoms with van der Waals surface area (Å²) in [5.41, 5.74) is 0. The summed E-state index contributed by atoms with van der Waals surface area (Å²) in [6.45, 7) is 1.08. The summed E-state index contributed by atoms with van der Waals surface area (Å²) in [7, 11) is 4.03. The molecule has 1 aliphatic carbocycles. The van der Waals surface area contributed by atoms with E-state index in [4.69, 9.17) is 0 Å². The van der Waals surface area contributed by atoms with Crippen molar-refractivity contribution < 1.29 is 4.79 Å². The predicted octanol–water partition coefficient (Wildman–Crippen LogP) is 1.48. The second kappa shape index (κ2) is 4.52. The van der Waals surface area contributed by atoms with Crippen LogP contribution in [0, 0.1) is 0 Å². The van der Waals surface area contributed by atoms with Crippen molar-refractivity contribution in [3.05, 3.63) is 0 Å². The third kappa shape index (κ3) is 2.17. The van der Waals surface area contributed by atoms with Crippen LogP contribution in [0.4, 0.5) is 0 Å². The lowest BCUT2D eigenvalue weighted by molar-refractivity contribution is -0.142. The molecule has 0 aromatic rings. The summed E-state index contributed by atoms with van der Waals surface area (Å²) < 4.78 is 0. The van der Waals surface area contributed by atoms with Crippen LogP contribution in [0.2, 0.25) is 0 Å². The fourth-order valence-electron chi connectivity index (χ4n) is 2.71. The molecule has 2 rings (SSSR count). The largest absolute Gasteiger partial charge is 0.341 e. The molecule has 86 valence electrons. The van der Waals surface area contributed by atoms with E-state index >= 15 is 0 Å². The van der Waals surface area contributed by atoms with E-state index in [1.54, 1.807) is 0 Å². The number of carbonyl (C=O) groups is 1. The molecular weight excluding hydrogens is 188 g/mol. The molecule has 15 heavy (non-hydrogen) atoms. The molecule has 1 saturated carbocycles. The van der Waals surface area contributed by atoms with Gasteiger partial charge in [0.15, 0.2) is 0 Å². The molecule has 0 bridgehead atoms. The van der Waals surface area contributed by atoms with Crippen LogP contribution in [0.25, 0.3) is 0 Å². The smallest absolute Gasteiger partial charge is 0.239 e. The summed E-state index contributed by atoms with van der Waals surface area (Å²) in [6.07, 6.45) is 7.40. The molecule has 3 nitrogen and oxygen atoms in total. The maximum absolute atomic E-state index is 12.1. The molecule has 0 radical (unpaired) electrons. The van der Waals surface area contributed by atoms with Crippen molar-refractivity contribution in [3.63, 3.8) is 0 Å². The van der Waals surface area contributed by atoms with Gasteiger partial charge in [-0.05, 0) is 26.3 Å². The Bertz CT molecular complexity index is 236. The second-order valence-corrected chi connectivity index (χ2v) is 5.03. The fourth-order valence-corrected chi connectivity index (χ4v) is 2.71. The quantitative estimate of drug-likeness (QED) is 0.689. The van der Waals surface area contributed by atoms with Gasteiger partial charge in [-0.25, -0.2) is 0 Å². The third-order valence-electron chi connectivity index (χ3n) is 4.04. The summed E-state index contributed by atoms with van der Waals surface area (Å²) in [5, 5.41) is 0. The maximum Gasteiger partial charge on any atom is 0.239 e. The van der Waals surface area contributed by atoms with Gasteiger partial charge in [0.05, 0.1) is 6.04 Å². The molecule has 1 unspecified atom stereocenters. The van der Waals surface area contributed by atoms with E-state index in [-0.39, 0.29) is 6.04 Å². The average Bonchev–Trinajstić information content (AvgIpc) is 2.27. The van der Waals surface area contributed by atoms with Crippen LogP contribution in [0.3, 0.4) is 0 Å². The molecular formula is C12H22N2O. The Morgan fingerprint density at radius 3 is 2.33 bits per heavy atom. The van der Waals surface area contributed by atoms with Crippen molar-refractivity contribution >= 4 is 5.91 Å². The Kier molecular flexibility index (Phi) is 3.29. The third-order valence-corrected chi connectivity index (χ3v) is 4.04. The first-order valence-corrected chi connectivity index (χ1v) is 6.17. The van der Waals surface area contributed by atoms with E-state index < -0.39 is 0 Å². The lowest BCUT2D eigenvalue weighted by atomic mass is 9.93. The zero-order chi connectivity index (χ0) is 10.8. The van der Waals surface area contributed by atoms with Crippen LogP contribution in [0.5, 0.6) is 0 Å². The van der Waals surface area contributed by atoms with E-state index in [0.717, 1.165) is 13.0 Å². The highest BCUT2D eigenvalue weighted by Gasteiger charge is 2.35. The molecule has 2 aliphatic rings. The van der Waals surface area contributed by atoms with Gasteiger partial charge in [0.25, 0.3) is 0 Å². The fraction of sp³-hybridized carbons (Fsp3) is 0.917. The molecule has 0 spiro atoms. The Hall–Kier alpha value is -0.570. The highest BCUT2D eigenvalue weighted by molar-refractivity contribution is 5.82. The van der Waals surface area contributed by atoms with Crippen molar-refractivity contribution in [2.24, 2.45) is 0 Å². The Morgan fingerprint density at radius 2 is 1.87 bits per heavy atom. The number of hydrogen-bond donors (Lipinski definition) is 0. The van der Waals surface area contributed by atoms with Gasteiger partial charge in [0.1, 0.15) is 0 Å². The maximum atomic E-state index is 12.1. The molecule has 3 heteroatoms. The van der Waals surface area contributed by atoms with Gasteiger partial charge >= 0.3 is 0 Å². The average molecular weight is 210 g/mol. The molecule has 2 fully saturated rings. The summed E-state index contributed by atoms with van der Waals surface area (Å²) in [4.78, 5) is 16.3. The van der Waals surface area contributed by atoms with Crippen molar-refractivity contribution in [2.75, 3.05) is 20.6 Å². The van der Waals surface area contributed by atoms with Crippen molar-refractivity contribution in [1.82, 2.24) is 9.80 Å². The second-order valence-electron chi connectivity index (χ2n) is 5.03. The topological polar surface area (TPSA) is 23.6 Å². The molecule has 1 saturated heterocycles. The Morgan fingerprint density at radius 1 is 1.20 bits per heavy atom. The number of hydrogen-bond acceptors (Lipinski definition) is 2. The van der Waals surface area contributed by atoms with E-state index in [2.05, 4.69) is 4.90 Å². The number of likely N-dealkylation sites (N-methyl/N-ethyl adjacent to an activating group) is 2. The minimum atomic E-state index is 0.178. The van der Waals surface area contributed by atoms with Gasteiger partial charge in [-0.3, -0.25) is 9.69 Å². The van der Waals surface area contributed by atoms with E-state index in [0.29, 0.717) is 11.9 Å². The van der Waals surface area contributed by atoms with Crippen LogP contribution < -0.4 is 0 Å². The molecule has 1 atom stereocenters. The lowest BCUT2D eigenvalue weighted by Gasteiger charge is -2.41. The first kappa shape index (κ1) is 10.9. The van der Waals surface area contributed by atoms with Gasteiger partial charge in [-0.2, -0.15) is 0 Å². The first-order valence-electron chi connectivity index (χ1n) is 6.17. The summed E-state index contributed by atoms with van der Waals surface area (Å²) >= 11 is 0. The van der Waals surface area contributed by atoms with Gasteiger partial charge in [-0.1, -0.05) is 19.3 Å². The van der Waals surface area contributed by atoms with Crippen molar-refractivity contribution in [2.45, 2.75) is 50.6 Å². The Labute approximate surface area is 92.4 Å². The number of nitrogens with zero attached hydrogens (tertiary/aromatic N) is 2. The first-order chi connectivity index (χ1) is 7.20. The Balaban J connectivity index is 1.88. The highest BCUT2D eigenvalue weighted by Crippen LogP contribution is 2.24. The zero-order valence-corrected chi connectivity index (χ0v) is 9.91. The molecule has 1 heterocycles. The van der Waals surface area contributed by atoms with Gasteiger partial charge in [0, 0.05) is 19.6 Å². The van der Waals surface area contributed by atoms with Crippen molar-refractivity contribution in [1.29, 1.82) is 0 Å². The van der Waals surface area contributed by atoms with Crippen LogP contribution in [-0.2, 0) is 4.79 Å². The summed E-state index contributed by atoms with van der Waals surface area (Å²) in [6, 6.07) is 0.692. The SMILES string of the molecule is CN1CCC1C(=O)N(C)C1CCCCC1.